The summed E-state index contributed by atoms with van der Waals surface area (Å²) in [5.74, 6) is 5.33. The molecule has 19 heavy (non-hydrogen) atoms. The molecule has 0 unspecified atom stereocenters. The fourth-order valence-corrected chi connectivity index (χ4v) is 1.72. The zero-order chi connectivity index (χ0) is 13.8. The maximum Gasteiger partial charge on any atom is 0.258 e. The van der Waals surface area contributed by atoms with Gasteiger partial charge in [-0.05, 0) is 18.2 Å². The number of hydrogen-bond acceptors (Lipinski definition) is 5. The van der Waals surface area contributed by atoms with Gasteiger partial charge in [0, 0.05) is 12.4 Å². The van der Waals surface area contributed by atoms with Gasteiger partial charge in [0.2, 0.25) is 0 Å². The van der Waals surface area contributed by atoms with Crippen LogP contribution < -0.4 is 16.6 Å². The Morgan fingerprint density at radius 1 is 1.21 bits per heavy atom. The number of nitrogens with one attached hydrogen (secondary N) is 2. The molecule has 6 nitrogen and oxygen atoms in total. The predicted molar refractivity (Wildman–Crippen MR) is 74.3 cm³/mol. The molecular formula is C11H9Cl2N5O. The van der Waals surface area contributed by atoms with Crippen molar-refractivity contribution < 1.29 is 4.79 Å². The highest BCUT2D eigenvalue weighted by Crippen LogP contribution is 2.21. The number of aromatic nitrogens is 2. The average Bonchev–Trinajstić information content (AvgIpc) is 2.41. The van der Waals surface area contributed by atoms with Crippen molar-refractivity contribution in [3.8, 4) is 0 Å². The van der Waals surface area contributed by atoms with Gasteiger partial charge in [-0.15, -0.1) is 0 Å². The third kappa shape index (κ3) is 3.11. The van der Waals surface area contributed by atoms with E-state index in [1.165, 1.54) is 18.5 Å². The summed E-state index contributed by atoms with van der Waals surface area (Å²) >= 11 is 11.8. The van der Waals surface area contributed by atoms with Crippen molar-refractivity contribution in [2.24, 2.45) is 5.84 Å². The summed E-state index contributed by atoms with van der Waals surface area (Å²) in [6.45, 7) is 0. The largest absolute Gasteiger partial charge is 0.307 e. The Morgan fingerprint density at radius 3 is 2.63 bits per heavy atom. The molecule has 98 valence electrons. The van der Waals surface area contributed by atoms with Gasteiger partial charge >= 0.3 is 0 Å². The lowest BCUT2D eigenvalue weighted by Gasteiger charge is -2.07. The molecule has 2 rings (SSSR count). The molecule has 0 saturated heterocycles. The first-order chi connectivity index (χ1) is 9.11. The van der Waals surface area contributed by atoms with Gasteiger partial charge in [0.15, 0.2) is 11.6 Å². The highest BCUT2D eigenvalue weighted by molar-refractivity contribution is 6.34. The van der Waals surface area contributed by atoms with Gasteiger partial charge < -0.3 is 10.7 Å². The summed E-state index contributed by atoms with van der Waals surface area (Å²) in [7, 11) is 0. The van der Waals surface area contributed by atoms with Gasteiger partial charge in [-0.1, -0.05) is 23.2 Å². The zero-order valence-electron chi connectivity index (χ0n) is 9.52. The standard InChI is InChI=1S/C11H9Cl2N5O/c12-7-2-1-3-15-9(7)17-11(19)6-4-8(13)10(18-14)16-5-6/h1-5H,14H2,(H,16,18)(H,15,17,19). The molecule has 0 aliphatic carbocycles. The lowest BCUT2D eigenvalue weighted by Crippen LogP contribution is -2.15. The van der Waals surface area contributed by atoms with E-state index in [4.69, 9.17) is 29.0 Å². The molecule has 0 aliphatic heterocycles. The average molecular weight is 298 g/mol. The first-order valence-electron chi connectivity index (χ1n) is 5.16. The monoisotopic (exact) mass is 297 g/mol. The number of nitrogen functional groups attached to an aromatic ring is 1. The number of amides is 1. The summed E-state index contributed by atoms with van der Waals surface area (Å²) in [5.41, 5.74) is 2.58. The van der Waals surface area contributed by atoms with E-state index in [0.717, 1.165) is 0 Å². The van der Waals surface area contributed by atoms with Gasteiger partial charge in [-0.2, -0.15) is 0 Å². The van der Waals surface area contributed by atoms with Crippen LogP contribution in [0.1, 0.15) is 10.4 Å². The van der Waals surface area contributed by atoms with Crippen LogP contribution in [0.15, 0.2) is 30.6 Å². The Hall–Kier alpha value is -1.89. The minimum atomic E-state index is -0.418. The fourth-order valence-electron chi connectivity index (χ4n) is 1.33. The molecule has 0 saturated carbocycles. The van der Waals surface area contributed by atoms with Crippen LogP contribution in [0.25, 0.3) is 0 Å². The topological polar surface area (TPSA) is 92.9 Å². The van der Waals surface area contributed by atoms with Crippen molar-refractivity contribution >= 4 is 40.7 Å². The fraction of sp³-hybridized carbons (Fsp3) is 0. The highest BCUT2D eigenvalue weighted by atomic mass is 35.5. The molecule has 2 aromatic rings. The lowest BCUT2D eigenvalue weighted by molar-refractivity contribution is 0.102. The Labute approximate surface area is 118 Å². The maximum atomic E-state index is 12.0. The molecule has 8 heteroatoms. The van der Waals surface area contributed by atoms with Crippen LogP contribution in [0.5, 0.6) is 0 Å². The molecule has 1 amide bonds. The molecule has 2 heterocycles. The summed E-state index contributed by atoms with van der Waals surface area (Å²) in [4.78, 5) is 19.8. The Kier molecular flexibility index (Phi) is 4.16. The number of rotatable bonds is 3. The van der Waals surface area contributed by atoms with E-state index in [2.05, 4.69) is 20.7 Å². The molecule has 0 atom stereocenters. The number of anilines is 2. The smallest absolute Gasteiger partial charge is 0.258 e. The molecule has 0 aliphatic rings. The van der Waals surface area contributed by atoms with Gasteiger partial charge in [-0.25, -0.2) is 15.8 Å². The Bertz CT molecular complexity index is 620. The number of hydrazine groups is 1. The number of carbonyl (C=O) groups excluding carboxylic acids is 1. The van der Waals surface area contributed by atoms with Crippen LogP contribution in [-0.4, -0.2) is 15.9 Å². The van der Waals surface area contributed by atoms with Gasteiger partial charge in [0.25, 0.3) is 5.91 Å². The SMILES string of the molecule is NNc1ncc(C(=O)Nc2ncccc2Cl)cc1Cl. The second-order valence-corrected chi connectivity index (χ2v) is 4.30. The Balaban J connectivity index is 2.21. The minimum absolute atomic E-state index is 0.238. The molecule has 0 bridgehead atoms. The number of halogens is 2. The van der Waals surface area contributed by atoms with Crippen molar-refractivity contribution in [2.75, 3.05) is 10.7 Å². The summed E-state index contributed by atoms with van der Waals surface area (Å²) < 4.78 is 0. The zero-order valence-corrected chi connectivity index (χ0v) is 11.0. The van der Waals surface area contributed by atoms with Crippen LogP contribution >= 0.6 is 23.2 Å². The van der Waals surface area contributed by atoms with Crippen LogP contribution in [0.3, 0.4) is 0 Å². The van der Waals surface area contributed by atoms with E-state index in [1.54, 1.807) is 12.1 Å². The Morgan fingerprint density at radius 2 is 2.00 bits per heavy atom. The van der Waals surface area contributed by atoms with Crippen LogP contribution in [0, 0.1) is 0 Å². The minimum Gasteiger partial charge on any atom is -0.307 e. The second-order valence-electron chi connectivity index (χ2n) is 3.49. The van der Waals surface area contributed by atoms with E-state index < -0.39 is 5.91 Å². The summed E-state index contributed by atoms with van der Waals surface area (Å²) in [6.07, 6.45) is 2.86. The number of pyridine rings is 2. The summed E-state index contributed by atoms with van der Waals surface area (Å²) in [5, 5.41) is 3.14. The summed E-state index contributed by atoms with van der Waals surface area (Å²) in [6, 6.07) is 4.73. The first kappa shape index (κ1) is 13.5. The lowest BCUT2D eigenvalue weighted by atomic mass is 10.2. The predicted octanol–water partition coefficient (Wildman–Crippen LogP) is 2.32. The normalized spacial score (nSPS) is 10.1. The van der Waals surface area contributed by atoms with Crippen molar-refractivity contribution in [3.05, 3.63) is 46.2 Å². The van der Waals surface area contributed by atoms with E-state index in [-0.39, 0.29) is 22.2 Å². The van der Waals surface area contributed by atoms with Crippen LogP contribution in [0.4, 0.5) is 11.6 Å². The molecule has 0 aromatic carbocycles. The third-order valence-electron chi connectivity index (χ3n) is 2.23. The molecule has 0 fully saturated rings. The van der Waals surface area contributed by atoms with Crippen molar-refractivity contribution in [3.63, 3.8) is 0 Å². The quantitative estimate of drug-likeness (QED) is 0.597. The van der Waals surface area contributed by atoms with Gasteiger partial charge in [0.05, 0.1) is 15.6 Å². The number of carbonyl (C=O) groups is 1. The van der Waals surface area contributed by atoms with Crippen LogP contribution in [-0.2, 0) is 0 Å². The van der Waals surface area contributed by atoms with Crippen LogP contribution in [0.2, 0.25) is 10.0 Å². The van der Waals surface area contributed by atoms with E-state index in [0.29, 0.717) is 5.02 Å². The number of hydrogen-bond donors (Lipinski definition) is 3. The molecule has 0 spiro atoms. The van der Waals surface area contributed by atoms with E-state index >= 15 is 0 Å². The molecule has 4 N–H and O–H groups in total. The first-order valence-corrected chi connectivity index (χ1v) is 5.91. The molecule has 0 radical (unpaired) electrons. The maximum absolute atomic E-state index is 12.0. The van der Waals surface area contributed by atoms with Crippen molar-refractivity contribution in [1.29, 1.82) is 0 Å². The molecular weight excluding hydrogens is 289 g/mol. The van der Waals surface area contributed by atoms with Gasteiger partial charge in [0.1, 0.15) is 0 Å². The highest BCUT2D eigenvalue weighted by Gasteiger charge is 2.11. The van der Waals surface area contributed by atoms with Gasteiger partial charge in [-0.3, -0.25) is 4.79 Å². The van der Waals surface area contributed by atoms with Crippen molar-refractivity contribution in [2.45, 2.75) is 0 Å². The van der Waals surface area contributed by atoms with E-state index in [9.17, 15) is 4.79 Å². The van der Waals surface area contributed by atoms with E-state index in [1.807, 2.05) is 0 Å². The number of nitrogens with two attached hydrogens (primary N) is 1. The third-order valence-corrected chi connectivity index (χ3v) is 2.82. The second kappa shape index (κ2) is 5.83. The number of nitrogens with zero attached hydrogens (tertiary/aromatic N) is 2. The molecule has 2 aromatic heterocycles. The van der Waals surface area contributed by atoms with Crippen molar-refractivity contribution in [1.82, 2.24) is 9.97 Å².